The first-order valence-electron chi connectivity index (χ1n) is 4.22. The smallest absolute Gasteiger partial charge is 0.282 e. The van der Waals surface area contributed by atoms with E-state index in [9.17, 15) is 8.78 Å². The molecule has 0 saturated carbocycles. The minimum absolute atomic E-state index is 0.288. The highest BCUT2D eigenvalue weighted by atomic mass is 35.5. The molecule has 1 aliphatic rings. The molecule has 1 aromatic rings. The standard InChI is InChI=1S/C8H9ClF2N2/c9-8(10,11)7-5-3-1-2-4-6(5)12-13-7/h1-4H2,(H,12,13). The lowest BCUT2D eigenvalue weighted by Gasteiger charge is -2.12. The second kappa shape index (κ2) is 2.94. The van der Waals surface area contributed by atoms with Gasteiger partial charge in [0.2, 0.25) is 0 Å². The number of aryl methyl sites for hydroxylation is 1. The average molecular weight is 207 g/mol. The van der Waals surface area contributed by atoms with Crippen LogP contribution in [0.2, 0.25) is 0 Å². The number of rotatable bonds is 1. The minimum Gasteiger partial charge on any atom is -0.282 e. The van der Waals surface area contributed by atoms with Crippen LogP contribution in [0.4, 0.5) is 8.78 Å². The number of hydrogen-bond donors (Lipinski definition) is 1. The lowest BCUT2D eigenvalue weighted by molar-refractivity contribution is 0.0887. The Morgan fingerprint density at radius 2 is 2.00 bits per heavy atom. The lowest BCUT2D eigenvalue weighted by Crippen LogP contribution is -2.10. The fourth-order valence-corrected chi connectivity index (χ4v) is 1.87. The van der Waals surface area contributed by atoms with Gasteiger partial charge in [0, 0.05) is 11.3 Å². The molecule has 1 aliphatic carbocycles. The van der Waals surface area contributed by atoms with Crippen molar-refractivity contribution < 1.29 is 8.78 Å². The van der Waals surface area contributed by atoms with Crippen LogP contribution in [0.3, 0.4) is 0 Å². The molecule has 0 radical (unpaired) electrons. The van der Waals surface area contributed by atoms with Crippen LogP contribution in [0.1, 0.15) is 29.8 Å². The Kier molecular flexibility index (Phi) is 2.02. The Morgan fingerprint density at radius 3 is 2.69 bits per heavy atom. The first-order chi connectivity index (χ1) is 6.09. The second-order valence-electron chi connectivity index (χ2n) is 3.23. The molecule has 5 heteroatoms. The number of H-pyrrole nitrogens is 1. The Bertz CT molecular complexity index is 316. The molecule has 0 fully saturated rings. The molecule has 72 valence electrons. The number of nitrogens with one attached hydrogen (secondary N) is 1. The Morgan fingerprint density at radius 1 is 1.31 bits per heavy atom. The van der Waals surface area contributed by atoms with Gasteiger partial charge in [0.05, 0.1) is 0 Å². The van der Waals surface area contributed by atoms with Crippen molar-refractivity contribution in [2.45, 2.75) is 31.1 Å². The van der Waals surface area contributed by atoms with Crippen LogP contribution in [-0.2, 0) is 18.2 Å². The van der Waals surface area contributed by atoms with E-state index in [1.165, 1.54) is 0 Å². The van der Waals surface area contributed by atoms with Crippen LogP contribution >= 0.6 is 11.6 Å². The molecule has 2 rings (SSSR count). The molecule has 0 atom stereocenters. The number of nitrogens with zero attached hydrogens (tertiary/aromatic N) is 1. The first-order valence-corrected chi connectivity index (χ1v) is 4.60. The van der Waals surface area contributed by atoms with Crippen LogP contribution in [0.15, 0.2) is 0 Å². The highest BCUT2D eigenvalue weighted by molar-refractivity contribution is 6.21. The molecule has 0 spiro atoms. The van der Waals surface area contributed by atoms with Crippen molar-refractivity contribution >= 4 is 11.6 Å². The van der Waals surface area contributed by atoms with E-state index in [0.717, 1.165) is 25.0 Å². The van der Waals surface area contributed by atoms with Crippen molar-refractivity contribution in [3.63, 3.8) is 0 Å². The third-order valence-electron chi connectivity index (χ3n) is 2.32. The van der Waals surface area contributed by atoms with Crippen molar-refractivity contribution in [3.05, 3.63) is 17.0 Å². The summed E-state index contributed by atoms with van der Waals surface area (Å²) >= 11 is 4.92. The van der Waals surface area contributed by atoms with Gasteiger partial charge in [-0.15, -0.1) is 0 Å². The molecule has 13 heavy (non-hydrogen) atoms. The Labute approximate surface area is 79.3 Å². The summed E-state index contributed by atoms with van der Waals surface area (Å²) in [5.41, 5.74) is 1.15. The summed E-state index contributed by atoms with van der Waals surface area (Å²) in [5, 5.41) is 2.85. The van der Waals surface area contributed by atoms with Crippen molar-refractivity contribution in [1.82, 2.24) is 10.2 Å². The van der Waals surface area contributed by atoms with Crippen molar-refractivity contribution in [2.75, 3.05) is 0 Å². The zero-order chi connectivity index (χ0) is 9.47. The largest absolute Gasteiger partial charge is 0.366 e. The zero-order valence-corrected chi connectivity index (χ0v) is 7.67. The van der Waals surface area contributed by atoms with Crippen LogP contribution in [-0.4, -0.2) is 10.2 Å². The molecule has 0 unspecified atom stereocenters. The SMILES string of the molecule is FC(F)(Cl)c1n[nH]c2c1CCCC2. The van der Waals surface area contributed by atoms with Gasteiger partial charge >= 0.3 is 5.38 Å². The van der Waals surface area contributed by atoms with Crippen LogP contribution in [0.5, 0.6) is 0 Å². The number of alkyl halides is 3. The maximum atomic E-state index is 12.8. The summed E-state index contributed by atoms with van der Waals surface area (Å²) in [6.07, 6.45) is 3.42. The molecule has 1 N–H and O–H groups in total. The summed E-state index contributed by atoms with van der Waals surface area (Å²) in [7, 11) is 0. The predicted octanol–water partition coefficient (Wildman–Crippen LogP) is 2.58. The molecule has 2 nitrogen and oxygen atoms in total. The van der Waals surface area contributed by atoms with E-state index in [0.29, 0.717) is 12.0 Å². The van der Waals surface area contributed by atoms with Gasteiger partial charge < -0.3 is 0 Å². The fraction of sp³-hybridized carbons (Fsp3) is 0.625. The minimum atomic E-state index is -3.33. The summed E-state index contributed by atoms with van der Waals surface area (Å²) < 4.78 is 25.5. The summed E-state index contributed by atoms with van der Waals surface area (Å²) in [6.45, 7) is 0. The molecular weight excluding hydrogens is 198 g/mol. The zero-order valence-electron chi connectivity index (χ0n) is 6.91. The molecular formula is C8H9ClF2N2. The van der Waals surface area contributed by atoms with Gasteiger partial charge in [0.25, 0.3) is 0 Å². The van der Waals surface area contributed by atoms with E-state index in [1.54, 1.807) is 0 Å². The molecule has 1 heterocycles. The van der Waals surface area contributed by atoms with Gasteiger partial charge in [-0.3, -0.25) is 5.10 Å². The van der Waals surface area contributed by atoms with Gasteiger partial charge in [-0.05, 0) is 37.3 Å². The normalized spacial score (nSPS) is 17.2. The second-order valence-corrected chi connectivity index (χ2v) is 3.71. The van der Waals surface area contributed by atoms with E-state index < -0.39 is 5.38 Å². The molecule has 0 aromatic carbocycles. The summed E-state index contributed by atoms with van der Waals surface area (Å²) in [6, 6.07) is 0. The first kappa shape index (κ1) is 8.94. The lowest BCUT2D eigenvalue weighted by atomic mass is 9.96. The highest BCUT2D eigenvalue weighted by Gasteiger charge is 2.35. The number of aromatic amines is 1. The van der Waals surface area contributed by atoms with E-state index in [4.69, 9.17) is 11.6 Å². The van der Waals surface area contributed by atoms with Gasteiger partial charge in [0.15, 0.2) is 5.69 Å². The highest BCUT2D eigenvalue weighted by Crippen LogP contribution is 2.36. The number of hydrogen-bond acceptors (Lipinski definition) is 1. The molecule has 0 saturated heterocycles. The van der Waals surface area contributed by atoms with E-state index in [-0.39, 0.29) is 5.69 Å². The van der Waals surface area contributed by atoms with Crippen molar-refractivity contribution in [1.29, 1.82) is 0 Å². The van der Waals surface area contributed by atoms with E-state index >= 15 is 0 Å². The summed E-state index contributed by atoms with van der Waals surface area (Å²) in [5.74, 6) is 0. The number of aromatic nitrogens is 2. The van der Waals surface area contributed by atoms with Crippen LogP contribution in [0.25, 0.3) is 0 Å². The number of fused-ring (bicyclic) bond motifs is 1. The summed E-state index contributed by atoms with van der Waals surface area (Å²) in [4.78, 5) is 0. The molecule has 1 aromatic heterocycles. The number of halogens is 3. The average Bonchev–Trinajstić information content (AvgIpc) is 2.45. The van der Waals surface area contributed by atoms with Gasteiger partial charge in [-0.1, -0.05) is 0 Å². The van der Waals surface area contributed by atoms with Gasteiger partial charge in [-0.25, -0.2) is 0 Å². The van der Waals surface area contributed by atoms with Crippen molar-refractivity contribution in [3.8, 4) is 0 Å². The molecule has 0 amide bonds. The fourth-order valence-electron chi connectivity index (χ4n) is 1.72. The third kappa shape index (κ3) is 1.55. The maximum absolute atomic E-state index is 12.8. The Balaban J connectivity index is 2.43. The van der Waals surface area contributed by atoms with Crippen LogP contribution in [0, 0.1) is 0 Å². The van der Waals surface area contributed by atoms with Gasteiger partial charge in [-0.2, -0.15) is 13.9 Å². The van der Waals surface area contributed by atoms with E-state index in [1.807, 2.05) is 0 Å². The maximum Gasteiger partial charge on any atom is 0.366 e. The molecule has 0 aliphatic heterocycles. The van der Waals surface area contributed by atoms with Gasteiger partial charge in [0.1, 0.15) is 0 Å². The topological polar surface area (TPSA) is 28.7 Å². The molecule has 0 bridgehead atoms. The van der Waals surface area contributed by atoms with Crippen molar-refractivity contribution in [2.24, 2.45) is 0 Å². The Hall–Kier alpha value is -0.640. The predicted molar refractivity (Wildman–Crippen MR) is 45.0 cm³/mol. The third-order valence-corrected chi connectivity index (χ3v) is 2.50. The van der Waals surface area contributed by atoms with E-state index in [2.05, 4.69) is 10.2 Å². The monoisotopic (exact) mass is 206 g/mol. The van der Waals surface area contributed by atoms with Crippen LogP contribution < -0.4 is 0 Å². The quantitative estimate of drug-likeness (QED) is 0.703.